The first kappa shape index (κ1) is 25.2. The number of aliphatic hydroxyl groups excluding tert-OH is 1. The number of benzene rings is 2. The Bertz CT molecular complexity index is 1080. The molecule has 0 spiro atoms. The molecule has 4 rings (SSSR count). The summed E-state index contributed by atoms with van der Waals surface area (Å²) in [6.07, 6.45) is 1.71. The van der Waals surface area contributed by atoms with Crippen LogP contribution in [0.15, 0.2) is 54.6 Å². The van der Waals surface area contributed by atoms with Crippen LogP contribution in [-0.2, 0) is 18.3 Å². The van der Waals surface area contributed by atoms with Gasteiger partial charge in [0, 0.05) is 38.3 Å². The van der Waals surface area contributed by atoms with Crippen LogP contribution in [0, 0.1) is 5.92 Å². The van der Waals surface area contributed by atoms with Crippen molar-refractivity contribution < 1.29 is 19.3 Å². The van der Waals surface area contributed by atoms with Crippen molar-refractivity contribution in [1.29, 1.82) is 0 Å². The van der Waals surface area contributed by atoms with Gasteiger partial charge in [0.25, 0.3) is 0 Å². The van der Waals surface area contributed by atoms with E-state index < -0.39 is 6.10 Å². The van der Waals surface area contributed by atoms with E-state index in [4.69, 9.17) is 19.3 Å². The summed E-state index contributed by atoms with van der Waals surface area (Å²) in [5.74, 6) is 2.42. The van der Waals surface area contributed by atoms with Crippen LogP contribution in [0.2, 0.25) is 0 Å². The average Bonchev–Trinajstić information content (AvgIpc) is 3.66. The number of aryl methyl sites for hydroxylation is 1. The Kier molecular flexibility index (Phi) is 8.44. The van der Waals surface area contributed by atoms with Gasteiger partial charge in [-0.1, -0.05) is 56.3 Å². The highest BCUT2D eigenvalue weighted by Crippen LogP contribution is 2.39. The fraction of sp³-hybridized carbons (Fsp3) is 0.464. The minimum absolute atomic E-state index is 0.338. The molecule has 1 saturated carbocycles. The van der Waals surface area contributed by atoms with Crippen molar-refractivity contribution in [2.75, 3.05) is 26.9 Å². The standard InChI is InChI=1S/C28H37N3O4/c1-20(2)18-34-19-23(32)16-31(22-14-15-22)17-24-27(21-10-6-5-7-11-21)29-30(3)28(24)35-26-13-9-8-12-25(26)33-4/h5-13,20,22-23,32H,14-19H2,1-4H3/t23-/m0/s1. The molecule has 3 aromatic rings. The van der Waals surface area contributed by atoms with E-state index in [2.05, 4.69) is 30.9 Å². The van der Waals surface area contributed by atoms with Gasteiger partial charge in [0.15, 0.2) is 11.5 Å². The topological polar surface area (TPSA) is 69.0 Å². The van der Waals surface area contributed by atoms with E-state index in [1.54, 1.807) is 11.8 Å². The SMILES string of the molecule is COc1ccccc1Oc1c(CN(C[C@H](O)COCC(C)C)C2CC2)c(-c2ccccc2)nn1C. The maximum atomic E-state index is 10.7. The molecule has 7 nitrogen and oxygen atoms in total. The molecule has 1 N–H and O–H groups in total. The van der Waals surface area contributed by atoms with Crippen molar-refractivity contribution in [3.63, 3.8) is 0 Å². The quantitative estimate of drug-likeness (QED) is 0.377. The number of ether oxygens (including phenoxy) is 3. The Labute approximate surface area is 208 Å². The predicted octanol–water partition coefficient (Wildman–Crippen LogP) is 4.89. The first-order valence-corrected chi connectivity index (χ1v) is 12.4. The molecular weight excluding hydrogens is 442 g/mol. The van der Waals surface area contributed by atoms with Gasteiger partial charge >= 0.3 is 0 Å². The highest BCUT2D eigenvalue weighted by molar-refractivity contribution is 5.66. The highest BCUT2D eigenvalue weighted by Gasteiger charge is 2.33. The lowest BCUT2D eigenvalue weighted by atomic mass is 10.1. The molecule has 0 amide bonds. The second kappa shape index (κ2) is 11.7. The Morgan fingerprint density at radius 1 is 1.03 bits per heavy atom. The molecule has 1 aliphatic carbocycles. The Balaban J connectivity index is 1.63. The molecule has 0 unspecified atom stereocenters. The van der Waals surface area contributed by atoms with Gasteiger partial charge < -0.3 is 19.3 Å². The molecule has 0 saturated heterocycles. The van der Waals surface area contributed by atoms with Crippen molar-refractivity contribution in [2.24, 2.45) is 13.0 Å². The van der Waals surface area contributed by atoms with Gasteiger partial charge in [-0.3, -0.25) is 4.90 Å². The molecule has 1 atom stereocenters. The molecule has 2 aromatic carbocycles. The number of hydrogen-bond donors (Lipinski definition) is 1. The van der Waals surface area contributed by atoms with Crippen LogP contribution in [0.1, 0.15) is 32.3 Å². The number of methoxy groups -OCH3 is 1. The van der Waals surface area contributed by atoms with Crippen molar-refractivity contribution in [3.05, 3.63) is 60.2 Å². The number of aromatic nitrogens is 2. The van der Waals surface area contributed by atoms with Gasteiger partial charge in [0.05, 0.1) is 25.4 Å². The zero-order valence-electron chi connectivity index (χ0n) is 21.2. The third kappa shape index (κ3) is 6.63. The lowest BCUT2D eigenvalue weighted by molar-refractivity contribution is 0.00541. The van der Waals surface area contributed by atoms with Gasteiger partial charge in [-0.15, -0.1) is 0 Å². The molecule has 1 aromatic heterocycles. The fourth-order valence-electron chi connectivity index (χ4n) is 4.21. The smallest absolute Gasteiger partial charge is 0.222 e. The summed E-state index contributed by atoms with van der Waals surface area (Å²) in [6.45, 7) is 6.37. The van der Waals surface area contributed by atoms with Crippen LogP contribution >= 0.6 is 0 Å². The van der Waals surface area contributed by atoms with Crippen LogP contribution in [0.3, 0.4) is 0 Å². The lowest BCUT2D eigenvalue weighted by Crippen LogP contribution is -2.36. The van der Waals surface area contributed by atoms with Gasteiger partial charge in [-0.25, -0.2) is 4.68 Å². The monoisotopic (exact) mass is 479 g/mol. The van der Waals surface area contributed by atoms with Crippen molar-refractivity contribution >= 4 is 0 Å². The summed E-state index contributed by atoms with van der Waals surface area (Å²) >= 11 is 0. The van der Waals surface area contributed by atoms with E-state index in [0.717, 1.165) is 29.7 Å². The second-order valence-electron chi connectivity index (χ2n) is 9.62. The number of para-hydroxylation sites is 2. The van der Waals surface area contributed by atoms with E-state index >= 15 is 0 Å². The van der Waals surface area contributed by atoms with Crippen molar-refractivity contribution in [1.82, 2.24) is 14.7 Å². The third-order valence-electron chi connectivity index (χ3n) is 6.04. The highest BCUT2D eigenvalue weighted by atomic mass is 16.5. The van der Waals surface area contributed by atoms with Crippen LogP contribution in [0.4, 0.5) is 0 Å². The molecule has 188 valence electrons. The molecule has 0 aliphatic heterocycles. The van der Waals surface area contributed by atoms with E-state index in [0.29, 0.717) is 55.6 Å². The Morgan fingerprint density at radius 3 is 2.37 bits per heavy atom. The molecule has 0 radical (unpaired) electrons. The fourth-order valence-corrected chi connectivity index (χ4v) is 4.21. The summed E-state index contributed by atoms with van der Waals surface area (Å²) in [6, 6.07) is 18.2. The molecule has 35 heavy (non-hydrogen) atoms. The van der Waals surface area contributed by atoms with Crippen molar-refractivity contribution in [2.45, 2.75) is 45.4 Å². The summed E-state index contributed by atoms with van der Waals surface area (Å²) in [4.78, 5) is 2.34. The normalized spacial score (nSPS) is 14.5. The summed E-state index contributed by atoms with van der Waals surface area (Å²) < 4.78 is 19.4. The summed E-state index contributed by atoms with van der Waals surface area (Å²) in [5.41, 5.74) is 2.91. The molecule has 7 heteroatoms. The van der Waals surface area contributed by atoms with Crippen LogP contribution < -0.4 is 9.47 Å². The molecule has 0 bridgehead atoms. The maximum Gasteiger partial charge on any atom is 0.222 e. The van der Waals surface area contributed by atoms with Gasteiger partial charge in [-0.05, 0) is 30.9 Å². The Morgan fingerprint density at radius 2 is 1.71 bits per heavy atom. The third-order valence-corrected chi connectivity index (χ3v) is 6.04. The van der Waals surface area contributed by atoms with E-state index in [1.165, 1.54) is 0 Å². The molecule has 1 heterocycles. The summed E-state index contributed by atoms with van der Waals surface area (Å²) in [5, 5.41) is 15.6. The zero-order valence-corrected chi connectivity index (χ0v) is 21.2. The summed E-state index contributed by atoms with van der Waals surface area (Å²) in [7, 11) is 3.54. The van der Waals surface area contributed by atoms with Gasteiger partial charge in [-0.2, -0.15) is 5.10 Å². The number of aliphatic hydroxyl groups is 1. The number of rotatable bonds is 13. The molecular formula is C28H37N3O4. The van der Waals surface area contributed by atoms with E-state index in [1.807, 2.05) is 49.5 Å². The largest absolute Gasteiger partial charge is 0.493 e. The zero-order chi connectivity index (χ0) is 24.8. The van der Waals surface area contributed by atoms with Gasteiger partial charge in [0.1, 0.15) is 5.69 Å². The minimum atomic E-state index is -0.551. The minimum Gasteiger partial charge on any atom is -0.493 e. The van der Waals surface area contributed by atoms with Crippen LogP contribution in [-0.4, -0.2) is 58.8 Å². The van der Waals surface area contributed by atoms with Crippen LogP contribution in [0.5, 0.6) is 17.4 Å². The van der Waals surface area contributed by atoms with Crippen molar-refractivity contribution in [3.8, 4) is 28.6 Å². The number of nitrogens with zero attached hydrogens (tertiary/aromatic N) is 3. The second-order valence-corrected chi connectivity index (χ2v) is 9.62. The maximum absolute atomic E-state index is 10.7. The average molecular weight is 480 g/mol. The van der Waals surface area contributed by atoms with E-state index in [9.17, 15) is 5.11 Å². The first-order valence-electron chi connectivity index (χ1n) is 12.4. The predicted molar refractivity (Wildman–Crippen MR) is 137 cm³/mol. The molecule has 1 fully saturated rings. The molecule has 1 aliphatic rings. The first-order chi connectivity index (χ1) is 17.0. The number of hydrogen-bond acceptors (Lipinski definition) is 6. The van der Waals surface area contributed by atoms with E-state index in [-0.39, 0.29) is 0 Å². The lowest BCUT2D eigenvalue weighted by Gasteiger charge is -2.25. The van der Waals surface area contributed by atoms with Gasteiger partial charge in [0.2, 0.25) is 5.88 Å². The Hall–Kier alpha value is -2.87. The van der Waals surface area contributed by atoms with Crippen LogP contribution in [0.25, 0.3) is 11.3 Å².